The molecule has 0 fully saturated rings. The van der Waals surface area contributed by atoms with Crippen LogP contribution < -0.4 is 25.0 Å². The minimum absolute atomic E-state index is 0.0181. The first kappa shape index (κ1) is 25.9. The Morgan fingerprint density at radius 2 is 1.89 bits per heavy atom. The lowest BCUT2D eigenvalue weighted by atomic mass is 9.83. The molecule has 0 bridgehead atoms. The first-order chi connectivity index (χ1) is 16.8. The van der Waals surface area contributed by atoms with Crippen LogP contribution in [0.1, 0.15) is 44.2 Å². The number of carboxylic acids is 1. The van der Waals surface area contributed by atoms with Gasteiger partial charge in [0.05, 0.1) is 5.92 Å². The van der Waals surface area contributed by atoms with Gasteiger partial charge in [0.25, 0.3) is 0 Å². The zero-order valence-corrected chi connectivity index (χ0v) is 20.4. The summed E-state index contributed by atoms with van der Waals surface area (Å²) in [6.45, 7) is 8.08. The van der Waals surface area contributed by atoms with Gasteiger partial charge in [0, 0.05) is 37.9 Å². The van der Waals surface area contributed by atoms with E-state index in [-0.39, 0.29) is 30.4 Å². The summed E-state index contributed by atoms with van der Waals surface area (Å²) in [6, 6.07) is 12.5. The first-order valence-electron chi connectivity index (χ1n) is 11.9. The first-order valence-corrected chi connectivity index (χ1v) is 11.9. The second-order valence-electron chi connectivity index (χ2n) is 8.44. The summed E-state index contributed by atoms with van der Waals surface area (Å²) in [6.07, 6.45) is 0.461. The minimum atomic E-state index is -1.06. The van der Waals surface area contributed by atoms with Gasteiger partial charge in [-0.25, -0.2) is 9.59 Å². The number of urea groups is 1. The number of esters is 1. The van der Waals surface area contributed by atoms with Crippen molar-refractivity contribution >= 4 is 23.7 Å². The Hall–Kier alpha value is -3.75. The zero-order chi connectivity index (χ0) is 25.4. The number of carboxylic acid groups (broad SMARTS) is 1. The van der Waals surface area contributed by atoms with Crippen molar-refractivity contribution in [3.05, 3.63) is 53.6 Å². The third-order valence-electron chi connectivity index (χ3n) is 6.19. The quantitative estimate of drug-likeness (QED) is 0.331. The number of benzene rings is 2. The number of carbonyl (C=O) groups is 3. The molecular weight excluding hydrogens is 450 g/mol. The summed E-state index contributed by atoms with van der Waals surface area (Å²) in [5, 5.41) is 14.2. The maximum absolute atomic E-state index is 12.7. The lowest BCUT2D eigenvalue weighted by Crippen LogP contribution is -2.38. The number of hydrogen-bond donors (Lipinski definition) is 3. The fourth-order valence-electron chi connectivity index (χ4n) is 4.22. The van der Waals surface area contributed by atoms with E-state index in [1.165, 1.54) is 0 Å². The number of ether oxygens (including phenoxy) is 2. The van der Waals surface area contributed by atoms with E-state index < -0.39 is 12.6 Å². The maximum Gasteiger partial charge on any atom is 0.341 e. The molecule has 1 heterocycles. The number of fused-ring (bicyclic) bond motifs is 1. The molecule has 0 spiro atoms. The van der Waals surface area contributed by atoms with E-state index in [0.29, 0.717) is 24.5 Å². The van der Waals surface area contributed by atoms with Gasteiger partial charge in [0.15, 0.2) is 6.61 Å². The molecule has 188 valence electrons. The molecule has 1 aliphatic rings. The van der Waals surface area contributed by atoms with Crippen LogP contribution in [0.4, 0.5) is 10.5 Å². The van der Waals surface area contributed by atoms with Gasteiger partial charge in [-0.15, -0.1) is 0 Å². The van der Waals surface area contributed by atoms with Crippen LogP contribution in [0.15, 0.2) is 42.5 Å². The molecule has 2 aromatic carbocycles. The average Bonchev–Trinajstić information content (AvgIpc) is 2.84. The molecule has 3 rings (SSSR count). The second-order valence-corrected chi connectivity index (χ2v) is 8.44. The van der Waals surface area contributed by atoms with Gasteiger partial charge < -0.3 is 30.1 Å². The minimum Gasteiger partial charge on any atom is -0.482 e. The van der Waals surface area contributed by atoms with Gasteiger partial charge in [-0.3, -0.25) is 4.79 Å². The largest absolute Gasteiger partial charge is 0.482 e. The molecule has 0 saturated carbocycles. The highest BCUT2D eigenvalue weighted by Crippen LogP contribution is 2.40. The smallest absolute Gasteiger partial charge is 0.341 e. The van der Waals surface area contributed by atoms with E-state index in [2.05, 4.69) is 35.4 Å². The lowest BCUT2D eigenvalue weighted by molar-refractivity contribution is -0.141. The number of rotatable bonds is 11. The molecule has 0 saturated heterocycles. The number of anilines is 1. The number of carbonyl (C=O) groups excluding carboxylic acids is 2. The van der Waals surface area contributed by atoms with Crippen LogP contribution in [0.2, 0.25) is 0 Å². The summed E-state index contributed by atoms with van der Waals surface area (Å²) >= 11 is 0. The number of nitrogens with zero attached hydrogens (tertiary/aromatic N) is 1. The van der Waals surface area contributed by atoms with Crippen molar-refractivity contribution in [3.8, 4) is 11.5 Å². The lowest BCUT2D eigenvalue weighted by Gasteiger charge is -2.31. The predicted octanol–water partition coefficient (Wildman–Crippen LogP) is 3.52. The third-order valence-corrected chi connectivity index (χ3v) is 6.19. The van der Waals surface area contributed by atoms with E-state index in [9.17, 15) is 14.4 Å². The van der Waals surface area contributed by atoms with Gasteiger partial charge in [0.2, 0.25) is 0 Å². The summed E-state index contributed by atoms with van der Waals surface area (Å²) in [5.74, 6) is -0.663. The van der Waals surface area contributed by atoms with Gasteiger partial charge in [-0.2, -0.15) is 0 Å². The summed E-state index contributed by atoms with van der Waals surface area (Å²) in [5.41, 5.74) is 2.80. The third kappa shape index (κ3) is 6.88. The molecule has 9 nitrogen and oxygen atoms in total. The van der Waals surface area contributed by atoms with Crippen LogP contribution in [-0.2, 0) is 16.1 Å². The topological polar surface area (TPSA) is 117 Å². The maximum atomic E-state index is 12.7. The van der Waals surface area contributed by atoms with Crippen LogP contribution in [0.3, 0.4) is 0 Å². The molecule has 2 unspecified atom stereocenters. The molecule has 3 N–H and O–H groups in total. The van der Waals surface area contributed by atoms with Gasteiger partial charge in [-0.1, -0.05) is 25.1 Å². The molecule has 0 radical (unpaired) electrons. The Morgan fingerprint density at radius 1 is 1.11 bits per heavy atom. The van der Waals surface area contributed by atoms with Gasteiger partial charge >= 0.3 is 18.0 Å². The fourth-order valence-corrected chi connectivity index (χ4v) is 4.22. The Bertz CT molecular complexity index is 1050. The van der Waals surface area contributed by atoms with E-state index in [0.717, 1.165) is 29.9 Å². The number of amides is 2. The number of aliphatic carboxylic acids is 1. The molecule has 2 amide bonds. The van der Waals surface area contributed by atoms with Crippen LogP contribution >= 0.6 is 0 Å². The molecule has 0 aliphatic carbocycles. The summed E-state index contributed by atoms with van der Waals surface area (Å²) in [4.78, 5) is 37.7. The van der Waals surface area contributed by atoms with E-state index in [4.69, 9.17) is 14.6 Å². The Labute approximate surface area is 205 Å². The highest BCUT2D eigenvalue weighted by molar-refractivity contribution is 5.80. The number of nitrogens with one attached hydrogen (secondary N) is 2. The molecule has 2 atom stereocenters. The van der Waals surface area contributed by atoms with Crippen molar-refractivity contribution in [3.63, 3.8) is 0 Å². The highest BCUT2D eigenvalue weighted by Gasteiger charge is 2.35. The molecule has 2 aromatic rings. The van der Waals surface area contributed by atoms with Crippen LogP contribution in [0.5, 0.6) is 11.5 Å². The summed E-state index contributed by atoms with van der Waals surface area (Å²) < 4.78 is 10.8. The van der Waals surface area contributed by atoms with Crippen molar-refractivity contribution in [2.75, 3.05) is 31.1 Å². The van der Waals surface area contributed by atoms with E-state index in [1.54, 1.807) is 24.3 Å². The zero-order valence-electron chi connectivity index (χ0n) is 20.4. The molecular formula is C26H33N3O6. The van der Waals surface area contributed by atoms with Crippen molar-refractivity contribution in [1.82, 2.24) is 10.6 Å². The van der Waals surface area contributed by atoms with Crippen LogP contribution in [0, 0.1) is 5.92 Å². The van der Waals surface area contributed by atoms with E-state index >= 15 is 0 Å². The molecule has 0 aromatic heterocycles. The predicted molar refractivity (Wildman–Crippen MR) is 132 cm³/mol. The Kier molecular flexibility index (Phi) is 8.94. The van der Waals surface area contributed by atoms with Gasteiger partial charge in [-0.05, 0) is 55.5 Å². The van der Waals surface area contributed by atoms with Crippen molar-refractivity contribution in [2.24, 2.45) is 5.92 Å². The Balaban J connectivity index is 1.49. The Morgan fingerprint density at radius 3 is 2.60 bits per heavy atom. The average molecular weight is 484 g/mol. The molecule has 35 heavy (non-hydrogen) atoms. The van der Waals surface area contributed by atoms with Crippen molar-refractivity contribution in [2.45, 2.75) is 39.7 Å². The van der Waals surface area contributed by atoms with Crippen molar-refractivity contribution in [1.29, 1.82) is 0 Å². The fraction of sp³-hybridized carbons (Fsp3) is 0.423. The van der Waals surface area contributed by atoms with Crippen LogP contribution in [0.25, 0.3) is 0 Å². The number of hydrogen-bond acceptors (Lipinski definition) is 6. The summed E-state index contributed by atoms with van der Waals surface area (Å²) in [7, 11) is 0. The highest BCUT2D eigenvalue weighted by atomic mass is 16.5. The van der Waals surface area contributed by atoms with Crippen molar-refractivity contribution < 1.29 is 29.0 Å². The molecule has 1 aliphatic heterocycles. The monoisotopic (exact) mass is 483 g/mol. The van der Waals surface area contributed by atoms with Gasteiger partial charge in [0.1, 0.15) is 11.5 Å². The SMILES string of the molecule is CCN(CC)c1ccc2c(c1)OC(=O)C(CCNC(=O)NCc1cccc(OCC(=O)O)c1)C2C. The normalized spacial score (nSPS) is 16.6. The van der Waals surface area contributed by atoms with Crippen LogP contribution in [-0.4, -0.2) is 49.3 Å². The molecule has 9 heteroatoms. The van der Waals surface area contributed by atoms with E-state index in [1.807, 2.05) is 19.1 Å². The standard InChI is InChI=1S/C26H33N3O6/c1-4-29(5-2)19-9-10-21-17(3)22(25(32)35-23(21)14-19)11-12-27-26(33)28-15-18-7-6-8-20(13-18)34-16-24(30)31/h6-10,13-14,17,22H,4-5,11-12,15-16H2,1-3H3,(H,30,31)(H2,27,28,33). The second kappa shape index (κ2) is 12.1.